The van der Waals surface area contributed by atoms with E-state index in [4.69, 9.17) is 23.2 Å². The molecule has 2 aromatic rings. The molecule has 39 heavy (non-hydrogen) atoms. The number of fused-ring (bicyclic) bond motifs is 2. The van der Waals surface area contributed by atoms with Crippen LogP contribution in [0.3, 0.4) is 0 Å². The van der Waals surface area contributed by atoms with Gasteiger partial charge in [0.05, 0.1) is 11.1 Å². The molecule has 210 valence electrons. The van der Waals surface area contributed by atoms with Crippen molar-refractivity contribution in [2.45, 2.75) is 57.9 Å². The first-order valence-corrected chi connectivity index (χ1v) is 14.6. The third-order valence-corrected chi connectivity index (χ3v) is 9.07. The van der Waals surface area contributed by atoms with E-state index in [1.807, 2.05) is 6.07 Å². The van der Waals surface area contributed by atoms with E-state index in [1.54, 1.807) is 29.2 Å². The van der Waals surface area contributed by atoms with Gasteiger partial charge in [0.1, 0.15) is 11.2 Å². The average Bonchev–Trinajstić information content (AvgIpc) is 3.35. The number of rotatable bonds is 5. The highest BCUT2D eigenvalue weighted by Crippen LogP contribution is 2.60. The number of carbonyl (C=O) groups excluding carboxylic acids is 2. The molecule has 1 spiro atoms. The standard InChI is InChI=1S/C30H37Cl2FN4O2/c1-29(2,3)16-19-17-37(28(39)35-14-11-18-9-12-34-13-10-18)26(21-5-4-6-23(32)25(21)33)30(19)22-8-7-20(31)15-24(22)36-27(30)38/h4-8,15,18-19,26,34H,9-14,16-17H2,1-3H3,(H,35,39)(H,36,38)/t19?,26?,30-/m0/s1. The molecule has 2 aromatic carbocycles. The maximum atomic E-state index is 15.8. The third kappa shape index (κ3) is 5.25. The number of nitrogens with zero attached hydrogens (tertiary/aromatic N) is 1. The maximum absolute atomic E-state index is 15.8. The fraction of sp³-hybridized carbons (Fsp3) is 0.533. The van der Waals surface area contributed by atoms with Gasteiger partial charge in [-0.05, 0) is 79.8 Å². The third-order valence-electron chi connectivity index (χ3n) is 8.54. The van der Waals surface area contributed by atoms with Crippen molar-refractivity contribution in [2.75, 3.05) is 31.5 Å². The summed E-state index contributed by atoms with van der Waals surface area (Å²) in [4.78, 5) is 29.7. The van der Waals surface area contributed by atoms with E-state index in [-0.39, 0.29) is 33.9 Å². The summed E-state index contributed by atoms with van der Waals surface area (Å²) in [6, 6.07) is 8.95. The second kappa shape index (κ2) is 10.9. The van der Waals surface area contributed by atoms with Crippen LogP contribution >= 0.6 is 23.2 Å². The second-order valence-electron chi connectivity index (χ2n) is 12.4. The zero-order valence-electron chi connectivity index (χ0n) is 22.8. The fourth-order valence-corrected chi connectivity index (χ4v) is 7.28. The molecule has 9 heteroatoms. The molecule has 2 saturated heterocycles. The monoisotopic (exact) mass is 574 g/mol. The van der Waals surface area contributed by atoms with Gasteiger partial charge in [-0.15, -0.1) is 0 Å². The Hall–Kier alpha value is -2.35. The van der Waals surface area contributed by atoms with Gasteiger partial charge in [-0.2, -0.15) is 0 Å². The van der Waals surface area contributed by atoms with Gasteiger partial charge in [-0.25, -0.2) is 9.18 Å². The van der Waals surface area contributed by atoms with Crippen LogP contribution in [0, 0.1) is 23.1 Å². The minimum Gasteiger partial charge on any atom is -0.338 e. The van der Waals surface area contributed by atoms with Gasteiger partial charge in [-0.1, -0.05) is 62.2 Å². The summed E-state index contributed by atoms with van der Waals surface area (Å²) in [7, 11) is 0. The molecule has 6 nitrogen and oxygen atoms in total. The van der Waals surface area contributed by atoms with Crippen LogP contribution in [0.5, 0.6) is 0 Å². The highest BCUT2D eigenvalue weighted by atomic mass is 35.5. The number of amides is 3. The molecule has 0 aromatic heterocycles. The minimum absolute atomic E-state index is 0.0390. The van der Waals surface area contributed by atoms with Crippen LogP contribution in [-0.2, 0) is 10.2 Å². The summed E-state index contributed by atoms with van der Waals surface area (Å²) in [6.07, 6.45) is 3.72. The first kappa shape index (κ1) is 28.2. The van der Waals surface area contributed by atoms with Gasteiger partial charge in [0.2, 0.25) is 5.91 Å². The normalized spacial score (nSPS) is 25.2. The topological polar surface area (TPSA) is 73.5 Å². The first-order valence-electron chi connectivity index (χ1n) is 13.8. The van der Waals surface area contributed by atoms with E-state index < -0.39 is 17.3 Å². The highest BCUT2D eigenvalue weighted by Gasteiger charge is 2.65. The summed E-state index contributed by atoms with van der Waals surface area (Å²) < 4.78 is 15.8. The number of halogens is 3. The number of likely N-dealkylation sites (tertiary alicyclic amines) is 1. The lowest BCUT2D eigenvalue weighted by Crippen LogP contribution is -2.48. The van der Waals surface area contributed by atoms with Gasteiger partial charge in [0.15, 0.2) is 0 Å². The van der Waals surface area contributed by atoms with E-state index in [0.29, 0.717) is 36.1 Å². The van der Waals surface area contributed by atoms with E-state index in [2.05, 4.69) is 36.7 Å². The summed E-state index contributed by atoms with van der Waals surface area (Å²) in [5.74, 6) is -0.562. The van der Waals surface area contributed by atoms with Crippen molar-refractivity contribution in [3.63, 3.8) is 0 Å². The molecule has 3 aliphatic heterocycles. The molecule has 0 radical (unpaired) electrons. The van der Waals surface area contributed by atoms with Crippen LogP contribution in [0.1, 0.15) is 63.6 Å². The van der Waals surface area contributed by atoms with Crippen molar-refractivity contribution in [3.05, 3.63) is 63.4 Å². The van der Waals surface area contributed by atoms with Crippen LogP contribution in [0.2, 0.25) is 10.0 Å². The SMILES string of the molecule is CC(C)(C)CC1CN(C(=O)NCCC2CCNCC2)C(c2cccc(Cl)c2F)[C@]12C(=O)Nc1cc(Cl)ccc12. The molecular weight excluding hydrogens is 538 g/mol. The van der Waals surface area contributed by atoms with Crippen molar-refractivity contribution >= 4 is 40.8 Å². The first-order chi connectivity index (χ1) is 18.5. The van der Waals surface area contributed by atoms with Crippen LogP contribution in [0.25, 0.3) is 0 Å². The molecule has 5 rings (SSSR count). The molecule has 3 atom stereocenters. The molecule has 3 heterocycles. The number of hydrogen-bond acceptors (Lipinski definition) is 3. The van der Waals surface area contributed by atoms with Crippen molar-refractivity contribution in [1.29, 1.82) is 0 Å². The van der Waals surface area contributed by atoms with Gasteiger partial charge in [-0.3, -0.25) is 4.79 Å². The zero-order chi connectivity index (χ0) is 27.9. The Morgan fingerprint density at radius 1 is 1.18 bits per heavy atom. The fourth-order valence-electron chi connectivity index (χ4n) is 6.93. The molecule has 2 fully saturated rings. The summed E-state index contributed by atoms with van der Waals surface area (Å²) in [5.41, 5.74) is 0.231. The number of urea groups is 1. The Labute approximate surface area is 240 Å². The summed E-state index contributed by atoms with van der Waals surface area (Å²) in [6.45, 7) is 9.18. The molecule has 3 aliphatic rings. The van der Waals surface area contributed by atoms with Crippen molar-refractivity contribution in [3.8, 4) is 0 Å². The van der Waals surface area contributed by atoms with Crippen molar-refractivity contribution in [1.82, 2.24) is 15.5 Å². The van der Waals surface area contributed by atoms with Gasteiger partial charge in [0, 0.05) is 29.4 Å². The average molecular weight is 576 g/mol. The summed E-state index contributed by atoms with van der Waals surface area (Å²) >= 11 is 12.6. The molecule has 2 unspecified atom stereocenters. The number of piperidine rings is 1. The Balaban J connectivity index is 1.59. The van der Waals surface area contributed by atoms with E-state index >= 15 is 4.39 Å². The smallest absolute Gasteiger partial charge is 0.317 e. The Morgan fingerprint density at radius 3 is 2.64 bits per heavy atom. The summed E-state index contributed by atoms with van der Waals surface area (Å²) in [5, 5.41) is 9.95. The van der Waals surface area contributed by atoms with Crippen molar-refractivity contribution < 1.29 is 14.0 Å². The molecule has 3 amide bonds. The molecular formula is C30H37Cl2FN4O2. The predicted molar refractivity (Wildman–Crippen MR) is 154 cm³/mol. The number of carbonyl (C=O) groups is 2. The Bertz CT molecular complexity index is 1260. The largest absolute Gasteiger partial charge is 0.338 e. The zero-order valence-corrected chi connectivity index (χ0v) is 24.3. The lowest BCUT2D eigenvalue weighted by molar-refractivity contribution is -0.123. The lowest BCUT2D eigenvalue weighted by atomic mass is 9.63. The van der Waals surface area contributed by atoms with Crippen LogP contribution in [0.15, 0.2) is 36.4 Å². The number of benzene rings is 2. The number of nitrogens with one attached hydrogen (secondary N) is 3. The van der Waals surface area contributed by atoms with Gasteiger partial charge in [0.25, 0.3) is 0 Å². The Morgan fingerprint density at radius 2 is 1.92 bits per heavy atom. The highest BCUT2D eigenvalue weighted by molar-refractivity contribution is 6.31. The van der Waals surface area contributed by atoms with Crippen LogP contribution in [0.4, 0.5) is 14.9 Å². The van der Waals surface area contributed by atoms with E-state index in [9.17, 15) is 9.59 Å². The van der Waals surface area contributed by atoms with Gasteiger partial charge >= 0.3 is 6.03 Å². The number of anilines is 1. The predicted octanol–water partition coefficient (Wildman–Crippen LogP) is 6.53. The molecule has 0 bridgehead atoms. The van der Waals surface area contributed by atoms with Crippen LogP contribution in [-0.4, -0.2) is 43.0 Å². The quantitative estimate of drug-likeness (QED) is 0.380. The molecule has 0 saturated carbocycles. The lowest BCUT2D eigenvalue weighted by Gasteiger charge is -2.38. The van der Waals surface area contributed by atoms with E-state index in [1.165, 1.54) is 6.07 Å². The van der Waals surface area contributed by atoms with Gasteiger partial charge < -0.3 is 20.9 Å². The number of hydrogen-bond donors (Lipinski definition) is 3. The van der Waals surface area contributed by atoms with Crippen molar-refractivity contribution in [2.24, 2.45) is 17.3 Å². The van der Waals surface area contributed by atoms with E-state index in [0.717, 1.165) is 37.9 Å². The second-order valence-corrected chi connectivity index (χ2v) is 13.2. The molecule has 0 aliphatic carbocycles. The maximum Gasteiger partial charge on any atom is 0.317 e. The van der Waals surface area contributed by atoms with Crippen LogP contribution < -0.4 is 16.0 Å². The molecule has 3 N–H and O–H groups in total. The minimum atomic E-state index is -1.20. The Kier molecular flexibility index (Phi) is 7.88.